The van der Waals surface area contributed by atoms with Crippen LogP contribution in [0.1, 0.15) is 49.7 Å². The number of piperidine rings is 2. The van der Waals surface area contributed by atoms with Crippen molar-refractivity contribution in [3.8, 4) is 34.4 Å². The first-order valence-electron chi connectivity index (χ1n) is 16.0. The molecule has 47 heavy (non-hydrogen) atoms. The van der Waals surface area contributed by atoms with Crippen molar-refractivity contribution in [1.29, 1.82) is 10.5 Å². The number of hydrogen-bond acceptors (Lipinski definition) is 8. The average molecular weight is 686 g/mol. The Kier molecular flexibility index (Phi) is 8.81. The highest BCUT2D eigenvalue weighted by molar-refractivity contribution is 9.10. The van der Waals surface area contributed by atoms with Crippen LogP contribution >= 0.6 is 15.9 Å². The van der Waals surface area contributed by atoms with E-state index >= 15 is 0 Å². The Hall–Kier alpha value is -5.26. The fourth-order valence-electron chi connectivity index (χ4n) is 6.39. The molecule has 234 valence electrons. The first-order chi connectivity index (χ1) is 23.1. The van der Waals surface area contributed by atoms with Gasteiger partial charge >= 0.3 is 0 Å². The predicted octanol–water partition coefficient (Wildman–Crippen LogP) is 7.28. The van der Waals surface area contributed by atoms with Gasteiger partial charge in [0.25, 0.3) is 0 Å². The van der Waals surface area contributed by atoms with Crippen LogP contribution in [0.4, 0.5) is 11.4 Å². The van der Waals surface area contributed by atoms with E-state index in [0.717, 1.165) is 86.7 Å². The molecule has 2 aliphatic rings. The summed E-state index contributed by atoms with van der Waals surface area (Å²) >= 11 is 3.43. The highest BCUT2D eigenvalue weighted by Crippen LogP contribution is 2.31. The molecule has 0 N–H and O–H groups in total. The number of aromatic nitrogens is 6. The predicted molar refractivity (Wildman–Crippen MR) is 186 cm³/mol. The topological polar surface area (TPSA) is 114 Å². The molecule has 6 heterocycles. The Labute approximate surface area is 281 Å². The van der Waals surface area contributed by atoms with E-state index in [0.29, 0.717) is 0 Å². The highest BCUT2D eigenvalue weighted by atomic mass is 79.9. The first-order valence-corrected chi connectivity index (χ1v) is 16.8. The molecule has 11 heteroatoms. The normalized spacial score (nSPS) is 14.8. The van der Waals surface area contributed by atoms with Crippen LogP contribution in [0.3, 0.4) is 0 Å². The van der Waals surface area contributed by atoms with Gasteiger partial charge in [0.1, 0.15) is 12.1 Å². The lowest BCUT2D eigenvalue weighted by atomic mass is 10.0. The van der Waals surface area contributed by atoms with Gasteiger partial charge < -0.3 is 9.80 Å². The lowest BCUT2D eigenvalue weighted by molar-refractivity contribution is 0.577. The molecule has 6 aromatic rings. The van der Waals surface area contributed by atoms with Crippen LogP contribution in [0, 0.1) is 22.7 Å². The second-order valence-electron chi connectivity index (χ2n) is 11.9. The van der Waals surface area contributed by atoms with Gasteiger partial charge in [0, 0.05) is 68.2 Å². The maximum Gasteiger partial charge on any atom is 0.169 e. The number of nitriles is 2. The molecule has 0 atom stereocenters. The van der Waals surface area contributed by atoms with Crippen LogP contribution in [0.25, 0.3) is 33.5 Å². The smallest absolute Gasteiger partial charge is 0.169 e. The van der Waals surface area contributed by atoms with E-state index in [9.17, 15) is 10.5 Å². The second-order valence-corrected chi connectivity index (χ2v) is 12.7. The number of hydrogen-bond donors (Lipinski definition) is 0. The first kappa shape index (κ1) is 30.4. The summed E-state index contributed by atoms with van der Waals surface area (Å²) in [5.41, 5.74) is 9.01. The molecule has 0 radical (unpaired) electrons. The van der Waals surface area contributed by atoms with Crippen molar-refractivity contribution in [2.45, 2.75) is 38.5 Å². The van der Waals surface area contributed by atoms with Gasteiger partial charge in [0.15, 0.2) is 11.3 Å². The molecule has 0 bridgehead atoms. The number of nitrogens with zero attached hydrogens (tertiary/aromatic N) is 10. The summed E-state index contributed by atoms with van der Waals surface area (Å²) < 4.78 is 4.36. The average Bonchev–Trinajstić information content (AvgIpc) is 3.77. The summed E-state index contributed by atoms with van der Waals surface area (Å²) in [7, 11) is 0. The molecular weight excluding hydrogens is 652 g/mol. The lowest BCUT2D eigenvalue weighted by Crippen LogP contribution is -2.29. The van der Waals surface area contributed by atoms with Crippen molar-refractivity contribution in [2.24, 2.45) is 0 Å². The molecule has 0 spiro atoms. The molecule has 0 saturated carbocycles. The molecule has 2 aliphatic heterocycles. The minimum atomic E-state index is 0.719. The lowest BCUT2D eigenvalue weighted by Gasteiger charge is -2.29. The monoisotopic (exact) mass is 684 g/mol. The number of fused-ring (bicyclic) bond motifs is 2. The third-order valence-corrected chi connectivity index (χ3v) is 9.41. The van der Waals surface area contributed by atoms with E-state index < -0.39 is 0 Å². The highest BCUT2D eigenvalue weighted by Gasteiger charge is 2.17. The Balaban J connectivity index is 0.000000150. The minimum Gasteiger partial charge on any atom is -0.370 e. The Bertz CT molecular complexity index is 2120. The molecular formula is C36H33BrN10. The van der Waals surface area contributed by atoms with Crippen LogP contribution in [0.2, 0.25) is 0 Å². The molecule has 2 fully saturated rings. The molecule has 0 aliphatic carbocycles. The molecule has 10 nitrogen and oxygen atoms in total. The summed E-state index contributed by atoms with van der Waals surface area (Å²) in [5, 5.41) is 27.6. The largest absolute Gasteiger partial charge is 0.370 e. The summed E-state index contributed by atoms with van der Waals surface area (Å²) in [5.74, 6) is 0. The van der Waals surface area contributed by atoms with Crippen molar-refractivity contribution in [2.75, 3.05) is 36.0 Å². The number of anilines is 2. The third-order valence-electron chi connectivity index (χ3n) is 8.85. The number of halogens is 1. The van der Waals surface area contributed by atoms with Crippen molar-refractivity contribution in [3.63, 3.8) is 0 Å². The van der Waals surface area contributed by atoms with Gasteiger partial charge in [0.2, 0.25) is 0 Å². The van der Waals surface area contributed by atoms with Gasteiger partial charge in [-0.15, -0.1) is 0 Å². The fraction of sp³-hybridized carbons (Fsp3) is 0.278. The van der Waals surface area contributed by atoms with E-state index in [4.69, 9.17) is 0 Å². The van der Waals surface area contributed by atoms with Gasteiger partial charge in [-0.25, -0.2) is 19.0 Å². The van der Waals surface area contributed by atoms with Crippen molar-refractivity contribution < 1.29 is 0 Å². The Morgan fingerprint density at radius 2 is 1.15 bits per heavy atom. The van der Waals surface area contributed by atoms with Gasteiger partial charge in [0.05, 0.1) is 39.4 Å². The molecule has 0 amide bonds. The summed E-state index contributed by atoms with van der Waals surface area (Å²) in [6.45, 7) is 4.13. The van der Waals surface area contributed by atoms with E-state index in [1.54, 1.807) is 21.4 Å². The zero-order valence-corrected chi connectivity index (χ0v) is 27.5. The number of benzene rings is 2. The summed E-state index contributed by atoms with van der Waals surface area (Å²) in [6, 6.07) is 18.7. The zero-order chi connectivity index (χ0) is 32.2. The van der Waals surface area contributed by atoms with E-state index in [-0.39, 0.29) is 0 Å². The molecule has 2 aromatic carbocycles. The quantitative estimate of drug-likeness (QED) is 0.190. The van der Waals surface area contributed by atoms with Crippen molar-refractivity contribution >= 4 is 38.6 Å². The fourth-order valence-corrected chi connectivity index (χ4v) is 6.76. The van der Waals surface area contributed by atoms with Gasteiger partial charge in [-0.2, -0.15) is 20.7 Å². The van der Waals surface area contributed by atoms with Crippen LogP contribution < -0.4 is 9.80 Å². The van der Waals surface area contributed by atoms with Crippen LogP contribution in [0.5, 0.6) is 0 Å². The maximum absolute atomic E-state index is 9.58. The van der Waals surface area contributed by atoms with E-state index in [2.05, 4.69) is 82.3 Å². The Morgan fingerprint density at radius 3 is 1.72 bits per heavy atom. The van der Waals surface area contributed by atoms with Crippen LogP contribution in [0.15, 0.2) is 84.1 Å². The second kappa shape index (κ2) is 13.6. The van der Waals surface area contributed by atoms with Crippen molar-refractivity contribution in [3.05, 3.63) is 95.2 Å². The third kappa shape index (κ3) is 6.40. The SMILES string of the molecule is N#Cc1cc(-c2cnc3c(Br)cnn3c2)ccc1N1CCCCC1.N#Cc1cc(-c2cnc3ccnn3c2)ccc1N1CCCCC1. The Morgan fingerprint density at radius 1 is 0.596 bits per heavy atom. The molecule has 0 unspecified atom stereocenters. The van der Waals surface area contributed by atoms with Gasteiger partial charge in [-0.3, -0.25) is 0 Å². The summed E-state index contributed by atoms with van der Waals surface area (Å²) in [4.78, 5) is 13.5. The van der Waals surface area contributed by atoms with E-state index in [1.165, 1.54) is 38.5 Å². The maximum atomic E-state index is 9.58. The van der Waals surface area contributed by atoms with Gasteiger partial charge in [-0.1, -0.05) is 12.1 Å². The summed E-state index contributed by atoms with van der Waals surface area (Å²) in [6.07, 6.45) is 18.3. The molecule has 2 saturated heterocycles. The van der Waals surface area contributed by atoms with E-state index in [1.807, 2.05) is 43.0 Å². The van der Waals surface area contributed by atoms with Crippen molar-refractivity contribution in [1.82, 2.24) is 29.2 Å². The zero-order valence-electron chi connectivity index (χ0n) is 25.9. The van der Waals surface area contributed by atoms with Crippen LogP contribution in [-0.4, -0.2) is 55.4 Å². The van der Waals surface area contributed by atoms with Crippen LogP contribution in [-0.2, 0) is 0 Å². The number of rotatable bonds is 4. The molecule has 4 aromatic heterocycles. The molecule has 8 rings (SSSR count). The standard InChI is InChI=1S/C18H16BrN5.C18H17N5/c19-16-11-22-24-12-15(10-21-18(16)24)13-4-5-17(14(8-13)9-20)23-6-2-1-3-7-23;19-11-15-10-14(4-5-17(15)22-8-2-1-3-9-22)16-12-20-18-6-7-21-23(18)13-16/h4-5,8,10-12H,1-3,6-7H2;4-7,10,12-13H,1-3,8-9H2. The van der Waals surface area contributed by atoms with Gasteiger partial charge in [-0.05, 0) is 89.8 Å². The minimum absolute atomic E-state index is 0.719.